The van der Waals surface area contributed by atoms with Gasteiger partial charge in [-0.3, -0.25) is 0 Å². The van der Waals surface area contributed by atoms with E-state index in [4.69, 9.17) is 23.2 Å². The monoisotopic (exact) mass is 1000 g/mol. The van der Waals surface area contributed by atoms with Crippen LogP contribution in [0.2, 0.25) is 10.0 Å². The number of hydrogen-bond donors (Lipinski definition) is 0. The molecule has 5 heteroatoms. The normalized spacial score (nSPS) is 13.6. The van der Waals surface area contributed by atoms with Crippen molar-refractivity contribution in [3.8, 4) is 33.4 Å². The zero-order valence-corrected chi connectivity index (χ0v) is 45.1. The molecule has 0 heterocycles. The molecule has 0 radical (unpaired) electrons. The molecule has 0 amide bonds. The van der Waals surface area contributed by atoms with Crippen LogP contribution < -0.4 is 24.8 Å². The first-order valence-electron chi connectivity index (χ1n) is 22.3. The van der Waals surface area contributed by atoms with E-state index in [9.17, 15) is 0 Å². The van der Waals surface area contributed by atoms with E-state index in [1.165, 1.54) is 77.9 Å². The quantitative estimate of drug-likeness (QED) is 0.156. The van der Waals surface area contributed by atoms with Gasteiger partial charge in [-0.05, 0) is 0 Å². The van der Waals surface area contributed by atoms with Gasteiger partial charge in [-0.15, -0.1) is 0 Å². The van der Waals surface area contributed by atoms with E-state index in [1.54, 1.807) is 6.49 Å². The largest absolute Gasteiger partial charge is 1.00 e. The van der Waals surface area contributed by atoms with E-state index in [1.807, 2.05) is 24.3 Å². The van der Waals surface area contributed by atoms with Crippen LogP contribution in [0.1, 0.15) is 138 Å². The summed E-state index contributed by atoms with van der Waals surface area (Å²) in [6.07, 6.45) is 8.22. The fraction of sp³-hybridized carbons (Fsp3) is 0.305. The Kier molecular flexibility index (Phi) is 14.7. The van der Waals surface area contributed by atoms with Gasteiger partial charge in [0.2, 0.25) is 0 Å². The van der Waals surface area contributed by atoms with E-state index in [2.05, 4.69) is 198 Å². The van der Waals surface area contributed by atoms with Crippen LogP contribution in [0.25, 0.3) is 33.4 Å². The number of benzene rings is 6. The predicted molar refractivity (Wildman–Crippen MR) is 267 cm³/mol. The van der Waals surface area contributed by atoms with Crippen molar-refractivity contribution in [3.63, 3.8) is 0 Å². The molecule has 6 aromatic carbocycles. The molecule has 0 spiro atoms. The van der Waals surface area contributed by atoms with Gasteiger partial charge in [-0.25, -0.2) is 0 Å². The van der Waals surface area contributed by atoms with Crippen LogP contribution in [0.4, 0.5) is 0 Å². The molecule has 6 aromatic rings. The Balaban J connectivity index is 0.00000340. The number of hydrogen-bond acceptors (Lipinski definition) is 0. The van der Waals surface area contributed by atoms with Crippen molar-refractivity contribution in [3.05, 3.63) is 197 Å². The molecule has 0 unspecified atom stereocenters. The Labute approximate surface area is 414 Å². The molecular weight excluding hydrogens is 942 g/mol. The molecule has 0 nitrogen and oxygen atoms in total. The molecule has 2 aliphatic carbocycles. The minimum absolute atomic E-state index is 0. The zero-order valence-electron chi connectivity index (χ0n) is 39.6. The van der Waals surface area contributed by atoms with Crippen LogP contribution in [0.5, 0.6) is 0 Å². The van der Waals surface area contributed by atoms with Gasteiger partial charge < -0.3 is 24.8 Å². The molecule has 0 aromatic heterocycles. The van der Waals surface area contributed by atoms with Crippen molar-refractivity contribution in [2.24, 2.45) is 0 Å². The molecule has 8 rings (SSSR count). The third-order valence-corrected chi connectivity index (χ3v) is 21.7. The Morgan fingerprint density at radius 3 is 1.06 bits per heavy atom. The molecule has 0 atom stereocenters. The van der Waals surface area contributed by atoms with Gasteiger partial charge in [0.05, 0.1) is 0 Å². The van der Waals surface area contributed by atoms with Crippen LogP contribution in [0.3, 0.4) is 0 Å². The number of fused-ring (bicyclic) bond motifs is 3. The molecule has 330 valence electrons. The maximum Gasteiger partial charge on any atom is -1.00 e. The summed E-state index contributed by atoms with van der Waals surface area (Å²) in [4.78, 5) is 0. The summed E-state index contributed by atoms with van der Waals surface area (Å²) in [6, 6.07) is 45.9. The van der Waals surface area contributed by atoms with Crippen molar-refractivity contribution in [2.75, 3.05) is 0 Å². The van der Waals surface area contributed by atoms with Gasteiger partial charge in [-0.2, -0.15) is 0 Å². The molecule has 64 heavy (non-hydrogen) atoms. The third kappa shape index (κ3) is 10.0. The second-order valence-electron chi connectivity index (χ2n) is 21.7. The topological polar surface area (TPSA) is 0 Å². The van der Waals surface area contributed by atoms with E-state index in [-0.39, 0.29) is 50.1 Å². The standard InChI is InChI=1S/C29H41.C25H16Cl2.C5H5.2ClH.Zr/c1-26(2,3)22-14-18-13-19-15-23(27(4,5)6)25(29(10,11)12)17-21(19)20(18)16-24(22)28(7,8)9;26-24-13-9-22(10-14-24)20-5-1-18(2-6-20)17-19-3-7-21(8-4-19)23-11-15-25(27)16-12-23;1-2-4-5-3-1;;;/h13-17H,1-12H3;1-16H;1-3H,4H2;2*1H;/q;;;;;+2/p-2. The average Bonchev–Trinajstić information content (AvgIpc) is 3.85. The summed E-state index contributed by atoms with van der Waals surface area (Å²) in [6.45, 7) is 28.8. The number of allylic oxidation sites excluding steroid dienone is 4. The first kappa shape index (κ1) is 50.1. The predicted octanol–water partition coefficient (Wildman–Crippen LogP) is 11.3. The Hall–Kier alpha value is -3.29. The van der Waals surface area contributed by atoms with Crippen LogP contribution in [0.15, 0.2) is 143 Å². The van der Waals surface area contributed by atoms with Crippen LogP contribution >= 0.6 is 23.2 Å². The van der Waals surface area contributed by atoms with E-state index < -0.39 is 21.3 Å². The smallest absolute Gasteiger partial charge is 1.00 e. The third-order valence-electron chi connectivity index (χ3n) is 12.9. The van der Waals surface area contributed by atoms with Crippen molar-refractivity contribution >= 4 is 26.4 Å². The van der Waals surface area contributed by atoms with Gasteiger partial charge in [-0.1, -0.05) is 0 Å². The Morgan fingerprint density at radius 1 is 0.453 bits per heavy atom. The summed E-state index contributed by atoms with van der Waals surface area (Å²) in [5.41, 5.74) is 19.1. The van der Waals surface area contributed by atoms with Crippen LogP contribution in [0, 0.1) is 0 Å². The van der Waals surface area contributed by atoms with E-state index >= 15 is 0 Å². The van der Waals surface area contributed by atoms with Gasteiger partial charge in [0.15, 0.2) is 0 Å². The van der Waals surface area contributed by atoms with Crippen molar-refractivity contribution in [1.29, 1.82) is 0 Å². The van der Waals surface area contributed by atoms with Gasteiger partial charge in [0.1, 0.15) is 0 Å². The molecule has 0 saturated carbocycles. The fourth-order valence-corrected chi connectivity index (χ4v) is 18.9. The summed E-state index contributed by atoms with van der Waals surface area (Å²) in [7, 11) is 0. The van der Waals surface area contributed by atoms with Gasteiger partial charge in [0.25, 0.3) is 0 Å². The molecule has 0 N–H and O–H groups in total. The molecule has 0 fully saturated rings. The van der Waals surface area contributed by atoms with Gasteiger partial charge in [0, 0.05) is 0 Å². The first-order chi connectivity index (χ1) is 29.1. The molecule has 0 aliphatic heterocycles. The summed E-state index contributed by atoms with van der Waals surface area (Å²) >= 11 is 9.60. The van der Waals surface area contributed by atoms with Crippen molar-refractivity contribution in [2.45, 2.75) is 115 Å². The Bertz CT molecular complexity index is 2590. The maximum atomic E-state index is 6.34. The molecule has 0 saturated heterocycles. The fourth-order valence-electron chi connectivity index (χ4n) is 9.70. The van der Waals surface area contributed by atoms with E-state index in [0.29, 0.717) is 0 Å². The minimum atomic E-state index is -3.08. The molecular formula is C59H62Cl4Zr. The van der Waals surface area contributed by atoms with Crippen LogP contribution in [-0.2, 0) is 42.9 Å². The van der Waals surface area contributed by atoms with E-state index in [0.717, 1.165) is 16.5 Å². The van der Waals surface area contributed by atoms with Crippen LogP contribution in [-0.4, -0.2) is 3.21 Å². The summed E-state index contributed by atoms with van der Waals surface area (Å²) in [5.74, 6) is 0. The van der Waals surface area contributed by atoms with Gasteiger partial charge >= 0.3 is 393 Å². The molecule has 2 aliphatic rings. The second kappa shape index (κ2) is 18.8. The number of rotatable bonds is 6. The Morgan fingerprint density at radius 2 is 0.766 bits per heavy atom. The van der Waals surface area contributed by atoms with Crippen molar-refractivity contribution < 1.29 is 46.1 Å². The summed E-state index contributed by atoms with van der Waals surface area (Å²) < 4.78 is 3.47. The summed E-state index contributed by atoms with van der Waals surface area (Å²) in [5, 5.41) is 1.51. The average molecular weight is 1000 g/mol. The number of halogens is 4. The van der Waals surface area contributed by atoms with Crippen molar-refractivity contribution in [1.82, 2.24) is 0 Å². The first-order valence-corrected chi connectivity index (χ1v) is 26.9. The minimum Gasteiger partial charge on any atom is -1.00 e. The maximum absolute atomic E-state index is 6.34. The SMILES string of the molecule is CC(C)(C)c1cc2c(cc1C(C)(C)C)[CH]([Zr+2]([C]1=CC=CC1)=[C](c1ccc(-c3ccc(Cl)cc3)cc1)c1ccc(-c3ccc(Cl)cc3)cc1)c1cc(C(C)(C)C)c(C(C)(C)C)cc1-2.[Cl-].[Cl-]. The molecule has 0 bridgehead atoms. The zero-order chi connectivity index (χ0) is 44.5. The second-order valence-corrected chi connectivity index (χ2v) is 28.8.